The van der Waals surface area contributed by atoms with Gasteiger partial charge in [0.05, 0.1) is 6.04 Å². The molecule has 0 bridgehead atoms. The number of hydrogen-bond acceptors (Lipinski definition) is 2. The maximum atomic E-state index is 5.58. The highest BCUT2D eigenvalue weighted by Crippen LogP contribution is 2.21. The molecule has 1 fully saturated rings. The molecule has 4 nitrogen and oxygen atoms in total. The first-order chi connectivity index (χ1) is 9.19. The molecule has 0 aromatic heterocycles. The molecule has 1 aliphatic carbocycles. The van der Waals surface area contributed by atoms with E-state index in [1.54, 1.807) is 0 Å². The van der Waals surface area contributed by atoms with Crippen LogP contribution in [0.1, 0.15) is 43.2 Å². The van der Waals surface area contributed by atoms with Crippen LogP contribution in [0.5, 0.6) is 0 Å². The fraction of sp³-hybridized carbons (Fsp3) is 0.533. The van der Waals surface area contributed by atoms with Crippen LogP contribution in [0.3, 0.4) is 0 Å². The predicted octanol–water partition coefficient (Wildman–Crippen LogP) is 2.87. The summed E-state index contributed by atoms with van der Waals surface area (Å²) >= 11 is 0. The largest absolute Gasteiger partial charge is 0.325 e. The van der Waals surface area contributed by atoms with Gasteiger partial charge in [0.1, 0.15) is 0 Å². The summed E-state index contributed by atoms with van der Waals surface area (Å²) in [5.41, 5.74) is 6.16. The van der Waals surface area contributed by atoms with Crippen LogP contribution >= 0.6 is 0 Å². The zero-order valence-electron chi connectivity index (χ0n) is 11.9. The number of aryl methyl sites for hydroxylation is 2. The summed E-state index contributed by atoms with van der Waals surface area (Å²) < 4.78 is 0. The molecule has 0 aliphatic heterocycles. The Morgan fingerprint density at radius 1 is 1.21 bits per heavy atom. The molecule has 0 radical (unpaired) electrons. The molecule has 0 spiro atoms. The Hall–Kier alpha value is -1.55. The molecule has 19 heavy (non-hydrogen) atoms. The van der Waals surface area contributed by atoms with Crippen molar-refractivity contribution in [2.45, 2.75) is 52.0 Å². The molecule has 0 unspecified atom stereocenters. The second kappa shape index (κ2) is 6.57. The van der Waals surface area contributed by atoms with Crippen molar-refractivity contribution in [2.75, 3.05) is 5.32 Å². The molecule has 1 aromatic rings. The van der Waals surface area contributed by atoms with Gasteiger partial charge in [-0.2, -0.15) is 0 Å². The molecule has 4 heteroatoms. The standard InChI is InChI=1S/C15H24N4/c1-11-8-9-12(2)14(10-11)18-15(19-16)17-13-6-4-3-5-7-13/h8-10,13H,3-7,16H2,1-2H3,(H2,17,18,19). The molecule has 2 rings (SSSR count). The second-order valence-electron chi connectivity index (χ2n) is 5.36. The van der Waals surface area contributed by atoms with Crippen LogP contribution in [0, 0.1) is 13.8 Å². The first kappa shape index (κ1) is 13.9. The van der Waals surface area contributed by atoms with Crippen LogP contribution in [0.4, 0.5) is 5.69 Å². The van der Waals surface area contributed by atoms with Gasteiger partial charge < -0.3 is 5.32 Å². The third-order valence-corrected chi connectivity index (χ3v) is 3.67. The van der Waals surface area contributed by atoms with Crippen LogP contribution in [0.2, 0.25) is 0 Å². The van der Waals surface area contributed by atoms with Gasteiger partial charge in [-0.15, -0.1) is 0 Å². The van der Waals surface area contributed by atoms with Gasteiger partial charge in [-0.25, -0.2) is 10.8 Å². The second-order valence-corrected chi connectivity index (χ2v) is 5.36. The molecule has 0 atom stereocenters. The SMILES string of the molecule is Cc1ccc(C)c(NC(=NC2CCCCC2)NN)c1. The van der Waals surface area contributed by atoms with E-state index >= 15 is 0 Å². The molecule has 1 aromatic carbocycles. The van der Waals surface area contributed by atoms with Crippen molar-refractivity contribution in [3.05, 3.63) is 29.3 Å². The van der Waals surface area contributed by atoms with Gasteiger partial charge in [0.2, 0.25) is 5.96 Å². The maximum absolute atomic E-state index is 5.58. The van der Waals surface area contributed by atoms with Gasteiger partial charge >= 0.3 is 0 Å². The summed E-state index contributed by atoms with van der Waals surface area (Å²) in [6.45, 7) is 4.16. The minimum absolute atomic E-state index is 0.400. The Labute approximate surface area is 115 Å². The summed E-state index contributed by atoms with van der Waals surface area (Å²) in [4.78, 5) is 4.69. The molecule has 4 N–H and O–H groups in total. The van der Waals surface area contributed by atoms with E-state index in [-0.39, 0.29) is 0 Å². The Bertz CT molecular complexity index is 447. The molecule has 104 valence electrons. The van der Waals surface area contributed by atoms with Crippen LogP contribution in [0.25, 0.3) is 0 Å². The van der Waals surface area contributed by atoms with Gasteiger partial charge in [0.25, 0.3) is 0 Å². The summed E-state index contributed by atoms with van der Waals surface area (Å²) in [6.07, 6.45) is 6.21. The van der Waals surface area contributed by atoms with E-state index in [1.165, 1.54) is 43.2 Å². The van der Waals surface area contributed by atoms with Crippen molar-refractivity contribution < 1.29 is 0 Å². The number of nitrogens with one attached hydrogen (secondary N) is 2. The number of anilines is 1. The molecular weight excluding hydrogens is 236 g/mol. The van der Waals surface area contributed by atoms with E-state index in [9.17, 15) is 0 Å². The Morgan fingerprint density at radius 3 is 2.63 bits per heavy atom. The highest BCUT2D eigenvalue weighted by molar-refractivity contribution is 5.94. The fourth-order valence-corrected chi connectivity index (χ4v) is 2.50. The number of hydrogen-bond donors (Lipinski definition) is 3. The van der Waals surface area contributed by atoms with Gasteiger partial charge in [0.15, 0.2) is 0 Å². The maximum Gasteiger partial charge on any atom is 0.210 e. The van der Waals surface area contributed by atoms with Crippen molar-refractivity contribution in [3.8, 4) is 0 Å². The Balaban J connectivity index is 2.09. The van der Waals surface area contributed by atoms with E-state index in [4.69, 9.17) is 5.84 Å². The Kier molecular flexibility index (Phi) is 4.80. The summed E-state index contributed by atoms with van der Waals surface area (Å²) in [5.74, 6) is 6.25. The topological polar surface area (TPSA) is 62.4 Å². The molecule has 1 saturated carbocycles. The van der Waals surface area contributed by atoms with Crippen molar-refractivity contribution in [1.82, 2.24) is 5.43 Å². The number of benzene rings is 1. The lowest BCUT2D eigenvalue weighted by Gasteiger charge is -2.20. The quantitative estimate of drug-likeness (QED) is 0.331. The zero-order valence-corrected chi connectivity index (χ0v) is 11.9. The number of guanidine groups is 1. The first-order valence-electron chi connectivity index (χ1n) is 7.08. The van der Waals surface area contributed by atoms with Crippen molar-refractivity contribution >= 4 is 11.6 Å². The average molecular weight is 260 g/mol. The normalized spacial score (nSPS) is 17.3. The van der Waals surface area contributed by atoms with E-state index in [0.29, 0.717) is 12.0 Å². The Morgan fingerprint density at radius 2 is 1.95 bits per heavy atom. The number of hydrazine groups is 1. The van der Waals surface area contributed by atoms with Crippen LogP contribution in [0.15, 0.2) is 23.2 Å². The molecule has 0 saturated heterocycles. The third kappa shape index (κ3) is 3.96. The lowest BCUT2D eigenvalue weighted by Crippen LogP contribution is -2.37. The number of nitrogens with two attached hydrogens (primary N) is 1. The van der Waals surface area contributed by atoms with E-state index in [2.05, 4.69) is 47.8 Å². The van der Waals surface area contributed by atoms with Gasteiger partial charge in [0, 0.05) is 5.69 Å². The van der Waals surface area contributed by atoms with E-state index in [1.807, 2.05) is 0 Å². The van der Waals surface area contributed by atoms with Crippen LogP contribution < -0.4 is 16.6 Å². The third-order valence-electron chi connectivity index (χ3n) is 3.67. The number of rotatable bonds is 2. The lowest BCUT2D eigenvalue weighted by molar-refractivity contribution is 0.442. The minimum atomic E-state index is 0.400. The van der Waals surface area contributed by atoms with Crippen LogP contribution in [-0.4, -0.2) is 12.0 Å². The highest BCUT2D eigenvalue weighted by atomic mass is 15.3. The molecular formula is C15H24N4. The summed E-state index contributed by atoms with van der Waals surface area (Å²) in [6, 6.07) is 6.72. The average Bonchev–Trinajstić information content (AvgIpc) is 2.43. The number of aliphatic imine (C=N–C) groups is 1. The van der Waals surface area contributed by atoms with Crippen LogP contribution in [-0.2, 0) is 0 Å². The first-order valence-corrected chi connectivity index (χ1v) is 7.08. The summed E-state index contributed by atoms with van der Waals surface area (Å²) in [7, 11) is 0. The molecule has 1 aliphatic rings. The smallest absolute Gasteiger partial charge is 0.210 e. The van der Waals surface area contributed by atoms with Gasteiger partial charge in [-0.1, -0.05) is 31.4 Å². The molecule has 0 amide bonds. The highest BCUT2D eigenvalue weighted by Gasteiger charge is 2.13. The fourth-order valence-electron chi connectivity index (χ4n) is 2.50. The van der Waals surface area contributed by atoms with Gasteiger partial charge in [-0.05, 0) is 43.9 Å². The molecule has 0 heterocycles. The monoisotopic (exact) mass is 260 g/mol. The summed E-state index contributed by atoms with van der Waals surface area (Å²) in [5, 5.41) is 3.30. The predicted molar refractivity (Wildman–Crippen MR) is 81.2 cm³/mol. The van der Waals surface area contributed by atoms with Crippen molar-refractivity contribution in [2.24, 2.45) is 10.8 Å². The number of nitrogens with zero attached hydrogens (tertiary/aromatic N) is 1. The van der Waals surface area contributed by atoms with E-state index in [0.717, 1.165) is 5.69 Å². The van der Waals surface area contributed by atoms with E-state index < -0.39 is 0 Å². The van der Waals surface area contributed by atoms with Gasteiger partial charge in [-0.3, -0.25) is 5.43 Å². The minimum Gasteiger partial charge on any atom is -0.325 e. The van der Waals surface area contributed by atoms with Crippen molar-refractivity contribution in [1.29, 1.82) is 0 Å². The lowest BCUT2D eigenvalue weighted by atomic mass is 9.96. The van der Waals surface area contributed by atoms with Crippen molar-refractivity contribution in [3.63, 3.8) is 0 Å². The zero-order chi connectivity index (χ0) is 13.7.